The van der Waals surface area contributed by atoms with Crippen LogP contribution in [-0.4, -0.2) is 81.1 Å². The molecule has 254 valence electrons. The van der Waals surface area contributed by atoms with Crippen LogP contribution in [0.2, 0.25) is 0 Å². The Balaban J connectivity index is 0.000000233. The number of aromatic nitrogens is 6. The van der Waals surface area contributed by atoms with Crippen molar-refractivity contribution >= 4 is 38.9 Å². The third-order valence-electron chi connectivity index (χ3n) is 10.1. The molecule has 12 heteroatoms. The minimum absolute atomic E-state index is 0.0288. The second kappa shape index (κ2) is 13.1. The third-order valence-corrected chi connectivity index (χ3v) is 10.1. The first kappa shape index (κ1) is 31.8. The molecule has 3 aliphatic rings. The van der Waals surface area contributed by atoms with Crippen LogP contribution < -0.4 is 15.4 Å². The average molecular weight is 671 g/mol. The molecule has 0 radical (unpaired) electrons. The number of nitrogens with one attached hydrogen (secondary N) is 1. The number of aromatic hydroxyl groups is 1. The van der Waals surface area contributed by atoms with Crippen LogP contribution >= 0.6 is 0 Å². The predicted molar refractivity (Wildman–Crippen MR) is 192 cm³/mol. The zero-order valence-electron chi connectivity index (χ0n) is 28.1. The zero-order valence-corrected chi connectivity index (χ0v) is 28.1. The van der Waals surface area contributed by atoms with Crippen molar-refractivity contribution in [2.45, 2.75) is 32.1 Å². The van der Waals surface area contributed by atoms with Gasteiger partial charge in [0.25, 0.3) is 5.56 Å². The highest BCUT2D eigenvalue weighted by atomic mass is 16.5. The van der Waals surface area contributed by atoms with Crippen LogP contribution in [0.1, 0.15) is 29.7 Å². The van der Waals surface area contributed by atoms with Crippen molar-refractivity contribution in [1.29, 1.82) is 0 Å². The van der Waals surface area contributed by atoms with Crippen molar-refractivity contribution in [2.24, 2.45) is 0 Å². The number of fused-ring (bicyclic) bond motifs is 4. The van der Waals surface area contributed by atoms with Gasteiger partial charge in [-0.25, -0.2) is 4.98 Å². The molecule has 0 saturated carbocycles. The van der Waals surface area contributed by atoms with Crippen LogP contribution in [0.25, 0.3) is 33.2 Å². The Morgan fingerprint density at radius 3 is 2.40 bits per heavy atom. The molecule has 0 amide bonds. The molecule has 6 aromatic heterocycles. The highest BCUT2D eigenvalue weighted by Gasteiger charge is 2.46. The summed E-state index contributed by atoms with van der Waals surface area (Å²) in [5.41, 5.74) is 9.01. The maximum atomic E-state index is 11.2. The third kappa shape index (κ3) is 5.60. The maximum absolute atomic E-state index is 11.2. The number of rotatable bonds is 3. The molecule has 0 bridgehead atoms. The van der Waals surface area contributed by atoms with Crippen molar-refractivity contribution < 1.29 is 14.6 Å². The normalized spacial score (nSPS) is 16.8. The van der Waals surface area contributed by atoms with E-state index in [0.717, 1.165) is 92.4 Å². The molecule has 2 saturated heterocycles. The molecule has 0 atom stereocenters. The van der Waals surface area contributed by atoms with E-state index in [1.807, 2.05) is 36.8 Å². The van der Waals surface area contributed by atoms with E-state index < -0.39 is 0 Å². The summed E-state index contributed by atoms with van der Waals surface area (Å²) in [6.07, 6.45) is 12.6. The molecular weight excluding hydrogens is 632 g/mol. The molecule has 9 rings (SSSR count). The molecule has 0 unspecified atom stereocenters. The maximum Gasteiger partial charge on any atom is 0.255 e. The largest absolute Gasteiger partial charge is 0.507 e. The van der Waals surface area contributed by atoms with Crippen LogP contribution in [0.15, 0.2) is 78.4 Å². The summed E-state index contributed by atoms with van der Waals surface area (Å²) < 4.78 is 11.4. The first-order valence-corrected chi connectivity index (χ1v) is 16.9. The fourth-order valence-corrected chi connectivity index (χ4v) is 7.39. The number of aromatic amines is 1. The lowest BCUT2D eigenvalue weighted by Gasteiger charge is -2.34. The van der Waals surface area contributed by atoms with Gasteiger partial charge in [0, 0.05) is 73.2 Å². The van der Waals surface area contributed by atoms with E-state index >= 15 is 0 Å². The highest BCUT2D eigenvalue weighted by molar-refractivity contribution is 5.99. The number of H-pyrrole nitrogens is 1. The van der Waals surface area contributed by atoms with E-state index in [-0.39, 0.29) is 16.7 Å². The summed E-state index contributed by atoms with van der Waals surface area (Å²) in [4.78, 5) is 41.8. The lowest BCUT2D eigenvalue weighted by Crippen LogP contribution is -2.38. The first-order valence-electron chi connectivity index (χ1n) is 16.9. The Bertz CT molecular complexity index is 2250. The van der Waals surface area contributed by atoms with Gasteiger partial charge in [-0.1, -0.05) is 6.07 Å². The number of anilines is 3. The van der Waals surface area contributed by atoms with Gasteiger partial charge in [-0.3, -0.25) is 24.7 Å². The summed E-state index contributed by atoms with van der Waals surface area (Å²) in [7, 11) is 0. The molecule has 2 N–H and O–H groups in total. The van der Waals surface area contributed by atoms with Gasteiger partial charge in [0.2, 0.25) is 0 Å². The standard InChI is InChI=1S/C29H30N6O2.C9H8N2O2/c1-20-26(23-4-2-3-8-31-23)33-24-18-30-9-5-22(24)27(20)35-19-29(6-12-36-13-7-29)28-25(35)16-21(17-32-28)34-10-14-37-15-11-34;1-5-8(12)6-2-3-10-4-7(6)11-9(5)13/h2-5,8-9,16-18H,6-7,10-15,19H2,1H3;2-4H,1H3,(H2,11,12,13). The van der Waals surface area contributed by atoms with Gasteiger partial charge in [-0.2, -0.15) is 0 Å². The summed E-state index contributed by atoms with van der Waals surface area (Å²) >= 11 is 0. The topological polar surface area (TPSA) is 142 Å². The van der Waals surface area contributed by atoms with Gasteiger partial charge >= 0.3 is 0 Å². The molecular formula is C38H38N8O4. The van der Waals surface area contributed by atoms with E-state index in [4.69, 9.17) is 19.4 Å². The number of nitrogens with zero attached hydrogens (tertiary/aromatic N) is 7. The van der Waals surface area contributed by atoms with Crippen molar-refractivity contribution in [3.63, 3.8) is 0 Å². The van der Waals surface area contributed by atoms with Crippen LogP contribution in [-0.2, 0) is 14.9 Å². The van der Waals surface area contributed by atoms with Gasteiger partial charge in [-0.05, 0) is 57.0 Å². The van der Waals surface area contributed by atoms with Gasteiger partial charge in [0.1, 0.15) is 5.75 Å². The average Bonchev–Trinajstić information content (AvgIpc) is 3.46. The quantitative estimate of drug-likeness (QED) is 0.251. The minimum Gasteiger partial charge on any atom is -0.507 e. The van der Waals surface area contributed by atoms with E-state index in [1.165, 1.54) is 23.3 Å². The fraction of sp³-hybridized carbons (Fsp3) is 0.316. The van der Waals surface area contributed by atoms with Crippen LogP contribution in [0, 0.1) is 13.8 Å². The van der Waals surface area contributed by atoms with E-state index in [2.05, 4.69) is 55.0 Å². The first-order chi connectivity index (χ1) is 24.4. The second-order valence-electron chi connectivity index (χ2n) is 13.0. The summed E-state index contributed by atoms with van der Waals surface area (Å²) in [6, 6.07) is 12.1. The summed E-state index contributed by atoms with van der Waals surface area (Å²) in [5, 5.41) is 11.3. The van der Waals surface area contributed by atoms with Gasteiger partial charge < -0.3 is 29.4 Å². The van der Waals surface area contributed by atoms with Crippen molar-refractivity contribution in [3.05, 3.63) is 101 Å². The molecule has 12 nitrogen and oxygen atoms in total. The molecule has 2 fully saturated rings. The minimum atomic E-state index is -0.280. The molecule has 0 aliphatic carbocycles. The van der Waals surface area contributed by atoms with Gasteiger partial charge in [0.15, 0.2) is 0 Å². The van der Waals surface area contributed by atoms with Crippen LogP contribution in [0.5, 0.6) is 5.75 Å². The molecule has 50 heavy (non-hydrogen) atoms. The van der Waals surface area contributed by atoms with E-state index in [9.17, 15) is 9.90 Å². The van der Waals surface area contributed by atoms with E-state index in [0.29, 0.717) is 16.5 Å². The zero-order chi connectivity index (χ0) is 34.2. The Labute approximate surface area is 288 Å². The number of morpholine rings is 1. The summed E-state index contributed by atoms with van der Waals surface area (Å²) in [5.74, 6) is 0.0288. The Hall–Kier alpha value is -5.46. The lowest BCUT2D eigenvalue weighted by atomic mass is 9.78. The molecule has 6 aromatic rings. The van der Waals surface area contributed by atoms with Gasteiger partial charge in [-0.15, -0.1) is 0 Å². The molecule has 1 spiro atoms. The predicted octanol–water partition coefficient (Wildman–Crippen LogP) is 5.37. The second-order valence-corrected chi connectivity index (χ2v) is 13.0. The Morgan fingerprint density at radius 1 is 0.860 bits per heavy atom. The molecule has 9 heterocycles. The Kier molecular flexibility index (Phi) is 8.33. The summed E-state index contributed by atoms with van der Waals surface area (Å²) in [6.45, 7) is 9.40. The van der Waals surface area contributed by atoms with Crippen molar-refractivity contribution in [1.82, 2.24) is 29.9 Å². The molecule has 3 aliphatic heterocycles. The number of hydrogen-bond acceptors (Lipinski definition) is 11. The van der Waals surface area contributed by atoms with Crippen LogP contribution in [0.3, 0.4) is 0 Å². The smallest absolute Gasteiger partial charge is 0.255 e. The SMILES string of the molecule is Cc1c(-c2ccccn2)nc2cnccc2c1N1CC2(CCOCC2)c2ncc(N3CCOCC3)cc21.Cc1c(O)c2ccncc2[nH]c1=O. The van der Waals surface area contributed by atoms with Crippen molar-refractivity contribution in [3.8, 4) is 17.1 Å². The number of pyridine rings is 6. The molecule has 0 aromatic carbocycles. The lowest BCUT2D eigenvalue weighted by molar-refractivity contribution is 0.0546. The number of ether oxygens (including phenoxy) is 2. The van der Waals surface area contributed by atoms with Crippen molar-refractivity contribution in [2.75, 3.05) is 55.9 Å². The highest BCUT2D eigenvalue weighted by Crippen LogP contribution is 2.51. The Morgan fingerprint density at radius 2 is 1.62 bits per heavy atom. The monoisotopic (exact) mass is 670 g/mol. The van der Waals surface area contributed by atoms with E-state index in [1.54, 1.807) is 19.2 Å². The van der Waals surface area contributed by atoms with Gasteiger partial charge in [0.05, 0.1) is 82.5 Å². The van der Waals surface area contributed by atoms with Crippen LogP contribution in [0.4, 0.5) is 17.1 Å². The number of hydrogen-bond donors (Lipinski definition) is 2. The fourth-order valence-electron chi connectivity index (χ4n) is 7.39.